The molecule has 0 N–H and O–H groups in total. The van der Waals surface area contributed by atoms with Gasteiger partial charge in [0, 0.05) is 35.3 Å². The summed E-state index contributed by atoms with van der Waals surface area (Å²) in [7, 11) is 0. The van der Waals surface area contributed by atoms with Crippen LogP contribution in [0, 0.1) is 3.57 Å². The molecule has 0 spiro atoms. The van der Waals surface area contributed by atoms with E-state index in [-0.39, 0.29) is 0 Å². The van der Waals surface area contributed by atoms with Gasteiger partial charge in [-0.3, -0.25) is 4.90 Å². The Hall–Kier alpha value is -2.84. The minimum absolute atomic E-state index is 0.300. The number of fused-ring (bicyclic) bond motifs is 1. The number of imidazole rings is 1. The molecule has 0 saturated carbocycles. The highest BCUT2D eigenvalue weighted by Gasteiger charge is 2.18. The topological polar surface area (TPSA) is 39.5 Å². The molecule has 0 bridgehead atoms. The number of rotatable bonds is 11. The van der Waals surface area contributed by atoms with Gasteiger partial charge in [0.15, 0.2) is 11.5 Å². The SMILES string of the molecule is CCCCn1c(CN(CCc2ccc(I)cc2)Cc2ccc3c(c2)OCO3)cnc1-c1ccccc1. The molecule has 6 heteroatoms. The molecule has 2 heterocycles. The summed E-state index contributed by atoms with van der Waals surface area (Å²) in [6, 6.07) is 25.6. The zero-order chi connectivity index (χ0) is 24.7. The van der Waals surface area contributed by atoms with Gasteiger partial charge < -0.3 is 14.0 Å². The van der Waals surface area contributed by atoms with Gasteiger partial charge in [0.25, 0.3) is 0 Å². The maximum atomic E-state index is 5.64. The highest BCUT2D eigenvalue weighted by atomic mass is 127. The molecule has 4 aromatic rings. The lowest BCUT2D eigenvalue weighted by molar-refractivity contribution is 0.174. The summed E-state index contributed by atoms with van der Waals surface area (Å²) in [6.45, 7) is 6.14. The van der Waals surface area contributed by atoms with Crippen LogP contribution in [0.25, 0.3) is 11.4 Å². The van der Waals surface area contributed by atoms with Crippen LogP contribution in [0.2, 0.25) is 0 Å². The molecular formula is C30H32IN3O2. The number of aromatic nitrogens is 2. The summed E-state index contributed by atoms with van der Waals surface area (Å²) >= 11 is 2.36. The molecule has 0 atom stereocenters. The third kappa shape index (κ3) is 6.10. The van der Waals surface area contributed by atoms with E-state index in [9.17, 15) is 0 Å². The molecule has 1 aliphatic rings. The fraction of sp³-hybridized carbons (Fsp3) is 0.300. The maximum Gasteiger partial charge on any atom is 0.231 e. The monoisotopic (exact) mass is 593 g/mol. The smallest absolute Gasteiger partial charge is 0.231 e. The normalized spacial score (nSPS) is 12.4. The number of unbranched alkanes of at least 4 members (excludes halogenated alkanes) is 1. The van der Waals surface area contributed by atoms with Crippen LogP contribution >= 0.6 is 22.6 Å². The van der Waals surface area contributed by atoms with Crippen LogP contribution in [0.3, 0.4) is 0 Å². The van der Waals surface area contributed by atoms with E-state index in [1.165, 1.54) is 26.0 Å². The minimum Gasteiger partial charge on any atom is -0.454 e. The zero-order valence-corrected chi connectivity index (χ0v) is 22.9. The average molecular weight is 594 g/mol. The number of hydrogen-bond acceptors (Lipinski definition) is 4. The first-order valence-corrected chi connectivity index (χ1v) is 13.7. The Bertz CT molecular complexity index is 1270. The highest BCUT2D eigenvalue weighted by Crippen LogP contribution is 2.33. The predicted molar refractivity (Wildman–Crippen MR) is 152 cm³/mol. The fourth-order valence-electron chi connectivity index (χ4n) is 4.60. The van der Waals surface area contributed by atoms with Gasteiger partial charge in [-0.2, -0.15) is 0 Å². The van der Waals surface area contributed by atoms with Gasteiger partial charge >= 0.3 is 0 Å². The quantitative estimate of drug-likeness (QED) is 0.177. The Morgan fingerprint density at radius 2 is 1.69 bits per heavy atom. The molecule has 0 unspecified atom stereocenters. The van der Waals surface area contributed by atoms with Gasteiger partial charge in [-0.25, -0.2) is 4.98 Å². The first-order valence-electron chi connectivity index (χ1n) is 12.6. The van der Waals surface area contributed by atoms with Crippen molar-refractivity contribution in [1.29, 1.82) is 0 Å². The largest absolute Gasteiger partial charge is 0.454 e. The summed E-state index contributed by atoms with van der Waals surface area (Å²) in [6.07, 6.45) is 5.35. The molecule has 0 radical (unpaired) electrons. The van der Waals surface area contributed by atoms with Gasteiger partial charge in [0.1, 0.15) is 5.82 Å². The number of ether oxygens (including phenoxy) is 2. The van der Waals surface area contributed by atoms with Crippen LogP contribution in [-0.4, -0.2) is 27.8 Å². The van der Waals surface area contributed by atoms with Gasteiger partial charge in [-0.1, -0.05) is 61.9 Å². The second-order valence-corrected chi connectivity index (χ2v) is 10.5. The van der Waals surface area contributed by atoms with Crippen molar-refractivity contribution in [3.8, 4) is 22.9 Å². The lowest BCUT2D eigenvalue weighted by Crippen LogP contribution is -2.27. The van der Waals surface area contributed by atoms with Crippen molar-refractivity contribution in [1.82, 2.24) is 14.5 Å². The van der Waals surface area contributed by atoms with Gasteiger partial charge in [0.05, 0.1) is 11.9 Å². The molecule has 0 saturated heterocycles. The summed E-state index contributed by atoms with van der Waals surface area (Å²) in [5.41, 5.74) is 5.01. The summed E-state index contributed by atoms with van der Waals surface area (Å²) in [5, 5.41) is 0. The zero-order valence-electron chi connectivity index (χ0n) is 20.7. The first-order chi connectivity index (χ1) is 17.7. The van der Waals surface area contributed by atoms with E-state index in [0.29, 0.717) is 6.79 Å². The van der Waals surface area contributed by atoms with E-state index in [0.717, 1.165) is 62.8 Å². The Morgan fingerprint density at radius 1 is 0.917 bits per heavy atom. The Labute approximate surface area is 227 Å². The Kier molecular flexibility index (Phi) is 8.23. The van der Waals surface area contributed by atoms with E-state index in [1.807, 2.05) is 6.07 Å². The van der Waals surface area contributed by atoms with Gasteiger partial charge in [0.2, 0.25) is 6.79 Å². The molecule has 0 fully saturated rings. The minimum atomic E-state index is 0.300. The molecule has 1 aliphatic heterocycles. The van der Waals surface area contributed by atoms with Crippen LogP contribution in [0.15, 0.2) is 79.0 Å². The Morgan fingerprint density at radius 3 is 2.50 bits per heavy atom. The lowest BCUT2D eigenvalue weighted by Gasteiger charge is -2.24. The van der Waals surface area contributed by atoms with Crippen molar-refractivity contribution in [3.63, 3.8) is 0 Å². The summed E-state index contributed by atoms with van der Waals surface area (Å²) in [5.74, 6) is 2.72. The molecule has 0 amide bonds. The van der Waals surface area contributed by atoms with E-state index in [4.69, 9.17) is 14.5 Å². The van der Waals surface area contributed by atoms with Crippen molar-refractivity contribution in [2.24, 2.45) is 0 Å². The Balaban J connectivity index is 1.40. The summed E-state index contributed by atoms with van der Waals surface area (Å²) < 4.78 is 14.8. The number of benzene rings is 3. The van der Waals surface area contributed by atoms with Crippen molar-refractivity contribution < 1.29 is 9.47 Å². The molecule has 186 valence electrons. The van der Waals surface area contributed by atoms with Crippen molar-refractivity contribution in [3.05, 3.63) is 99.4 Å². The van der Waals surface area contributed by atoms with Gasteiger partial charge in [-0.05, 0) is 70.8 Å². The molecule has 5 nitrogen and oxygen atoms in total. The number of nitrogens with zero attached hydrogens (tertiary/aromatic N) is 3. The lowest BCUT2D eigenvalue weighted by atomic mass is 10.1. The molecular weight excluding hydrogens is 561 g/mol. The molecule has 0 aliphatic carbocycles. The molecule has 5 rings (SSSR count). The van der Waals surface area contributed by atoms with Crippen LogP contribution in [0.1, 0.15) is 36.6 Å². The van der Waals surface area contributed by atoms with E-state index in [2.05, 4.69) is 112 Å². The van der Waals surface area contributed by atoms with E-state index >= 15 is 0 Å². The summed E-state index contributed by atoms with van der Waals surface area (Å²) in [4.78, 5) is 7.39. The number of hydrogen-bond donors (Lipinski definition) is 0. The average Bonchev–Trinajstić information content (AvgIpc) is 3.54. The van der Waals surface area contributed by atoms with Crippen LogP contribution in [-0.2, 0) is 26.1 Å². The second kappa shape index (κ2) is 11.9. The highest BCUT2D eigenvalue weighted by molar-refractivity contribution is 14.1. The van der Waals surface area contributed by atoms with E-state index < -0.39 is 0 Å². The predicted octanol–water partition coefficient (Wildman–Crippen LogP) is 6.93. The molecule has 1 aromatic heterocycles. The van der Waals surface area contributed by atoms with E-state index in [1.54, 1.807) is 0 Å². The fourth-order valence-corrected chi connectivity index (χ4v) is 4.96. The van der Waals surface area contributed by atoms with Gasteiger partial charge in [-0.15, -0.1) is 0 Å². The number of halogens is 1. The van der Waals surface area contributed by atoms with Crippen LogP contribution < -0.4 is 9.47 Å². The van der Waals surface area contributed by atoms with Crippen LogP contribution in [0.5, 0.6) is 11.5 Å². The molecule has 3 aromatic carbocycles. The third-order valence-corrected chi connectivity index (χ3v) is 7.28. The van der Waals surface area contributed by atoms with Crippen molar-refractivity contribution in [2.75, 3.05) is 13.3 Å². The van der Waals surface area contributed by atoms with Crippen molar-refractivity contribution in [2.45, 2.75) is 45.8 Å². The third-order valence-electron chi connectivity index (χ3n) is 6.56. The maximum absolute atomic E-state index is 5.64. The van der Waals surface area contributed by atoms with Crippen LogP contribution in [0.4, 0.5) is 0 Å². The first kappa shape index (κ1) is 24.8. The van der Waals surface area contributed by atoms with Crippen molar-refractivity contribution >= 4 is 22.6 Å². The second-order valence-electron chi connectivity index (χ2n) is 9.22. The molecule has 36 heavy (non-hydrogen) atoms. The standard InChI is InChI=1S/C30H32IN3O2/c1-2-3-16-34-27(19-32-30(34)25-7-5-4-6-8-25)21-33(17-15-23-9-12-26(31)13-10-23)20-24-11-14-28-29(18-24)36-22-35-28/h4-14,18-19H,2-3,15-17,20-22H2,1H3.